The lowest BCUT2D eigenvalue weighted by atomic mass is 9.92. The maximum Gasteiger partial charge on any atom is 0.333 e. The van der Waals surface area contributed by atoms with Gasteiger partial charge in [-0.15, -0.1) is 11.8 Å². The summed E-state index contributed by atoms with van der Waals surface area (Å²) in [5.74, 6) is 4.41. The van der Waals surface area contributed by atoms with Gasteiger partial charge in [-0.05, 0) is 19.4 Å². The summed E-state index contributed by atoms with van der Waals surface area (Å²) in [5, 5.41) is 14.4. The van der Waals surface area contributed by atoms with Gasteiger partial charge in [-0.1, -0.05) is 30.3 Å². The first-order valence-electron chi connectivity index (χ1n) is 6.25. The molecule has 1 unspecified atom stereocenters. The monoisotopic (exact) mass is 274 g/mol. The van der Waals surface area contributed by atoms with Crippen LogP contribution in [0.3, 0.4) is 0 Å². The van der Waals surface area contributed by atoms with E-state index in [1.807, 2.05) is 0 Å². The number of rotatable bonds is 5. The maximum atomic E-state index is 11.8. The Kier molecular flexibility index (Phi) is 5.60. The highest BCUT2D eigenvalue weighted by Gasteiger charge is 2.36. The minimum Gasteiger partial charge on any atom is -0.479 e. The molecule has 1 aromatic carbocycles. The number of nitrogens with one attached hydrogen (secondary N) is 2. The molecule has 0 radical (unpaired) electrons. The normalized spacial score (nSPS) is 12.5. The predicted octanol–water partition coefficient (Wildman–Crippen LogP) is 1.70. The van der Waals surface area contributed by atoms with Crippen LogP contribution in [-0.2, 0) is 10.3 Å². The van der Waals surface area contributed by atoms with Crippen LogP contribution in [0.1, 0.15) is 25.8 Å². The molecule has 3 N–H and O–H groups in total. The number of carboxylic acids is 1. The van der Waals surface area contributed by atoms with Crippen molar-refractivity contribution in [3.05, 3.63) is 35.9 Å². The van der Waals surface area contributed by atoms with E-state index >= 15 is 0 Å². The van der Waals surface area contributed by atoms with E-state index in [0.29, 0.717) is 18.5 Å². The molecule has 5 nitrogen and oxygen atoms in total. The van der Waals surface area contributed by atoms with Crippen LogP contribution < -0.4 is 10.6 Å². The molecule has 1 aromatic rings. The van der Waals surface area contributed by atoms with Gasteiger partial charge in [0.1, 0.15) is 0 Å². The van der Waals surface area contributed by atoms with Gasteiger partial charge in [0.05, 0.1) is 0 Å². The van der Waals surface area contributed by atoms with Crippen LogP contribution in [0.15, 0.2) is 30.3 Å². The second-order valence-corrected chi connectivity index (χ2v) is 4.35. The Hall–Kier alpha value is -2.48. The van der Waals surface area contributed by atoms with E-state index in [1.54, 1.807) is 37.3 Å². The Labute approximate surface area is 118 Å². The number of urea groups is 1. The predicted molar refractivity (Wildman–Crippen MR) is 76.0 cm³/mol. The summed E-state index contributed by atoms with van der Waals surface area (Å²) < 4.78 is 0. The topological polar surface area (TPSA) is 78.4 Å². The average Bonchev–Trinajstić information content (AvgIpc) is 2.44. The fourth-order valence-corrected chi connectivity index (χ4v) is 1.66. The molecule has 0 saturated heterocycles. The van der Waals surface area contributed by atoms with Gasteiger partial charge in [-0.25, -0.2) is 9.59 Å². The lowest BCUT2D eigenvalue weighted by Gasteiger charge is -2.26. The second kappa shape index (κ2) is 7.19. The third kappa shape index (κ3) is 4.02. The zero-order valence-electron chi connectivity index (χ0n) is 11.6. The Morgan fingerprint density at radius 2 is 1.95 bits per heavy atom. The lowest BCUT2D eigenvalue weighted by Crippen LogP contribution is -2.53. The van der Waals surface area contributed by atoms with E-state index in [9.17, 15) is 14.7 Å². The Morgan fingerprint density at radius 3 is 2.50 bits per heavy atom. The molecule has 0 spiro atoms. The van der Waals surface area contributed by atoms with Crippen molar-refractivity contribution in [2.75, 3.05) is 6.54 Å². The van der Waals surface area contributed by atoms with Crippen LogP contribution in [-0.4, -0.2) is 23.7 Å². The molecule has 0 aliphatic heterocycles. The van der Waals surface area contributed by atoms with Crippen molar-refractivity contribution in [3.63, 3.8) is 0 Å². The molecule has 2 amide bonds. The Morgan fingerprint density at radius 1 is 1.30 bits per heavy atom. The largest absolute Gasteiger partial charge is 0.479 e. The number of aliphatic carboxylic acids is 1. The zero-order valence-corrected chi connectivity index (χ0v) is 11.6. The number of amides is 2. The third-order valence-electron chi connectivity index (χ3n) is 2.85. The van der Waals surface area contributed by atoms with E-state index in [2.05, 4.69) is 22.5 Å². The quantitative estimate of drug-likeness (QED) is 0.565. The van der Waals surface area contributed by atoms with Crippen molar-refractivity contribution in [1.82, 2.24) is 10.6 Å². The van der Waals surface area contributed by atoms with Gasteiger partial charge in [0.15, 0.2) is 5.54 Å². The summed E-state index contributed by atoms with van der Waals surface area (Å²) in [4.78, 5) is 23.2. The molecule has 0 bridgehead atoms. The number of hydrogen-bond donors (Lipinski definition) is 3. The first-order chi connectivity index (χ1) is 9.50. The maximum absolute atomic E-state index is 11.8. The molecule has 5 heteroatoms. The molecule has 0 heterocycles. The second-order valence-electron chi connectivity index (χ2n) is 4.35. The molecule has 1 rings (SSSR count). The van der Waals surface area contributed by atoms with E-state index in [4.69, 9.17) is 0 Å². The van der Waals surface area contributed by atoms with Crippen molar-refractivity contribution in [1.29, 1.82) is 0 Å². The molecule has 20 heavy (non-hydrogen) atoms. The van der Waals surface area contributed by atoms with Crippen LogP contribution in [0.2, 0.25) is 0 Å². The zero-order chi connectivity index (χ0) is 15.0. The SMILES string of the molecule is CC#CCCNC(=O)NC(C)(C(=O)O)c1ccccc1. The number of carbonyl (C=O) groups is 2. The smallest absolute Gasteiger partial charge is 0.333 e. The summed E-state index contributed by atoms with van der Waals surface area (Å²) in [6, 6.07) is 8.04. The van der Waals surface area contributed by atoms with Gasteiger partial charge in [-0.3, -0.25) is 0 Å². The highest BCUT2D eigenvalue weighted by atomic mass is 16.4. The van der Waals surface area contributed by atoms with Crippen molar-refractivity contribution in [2.45, 2.75) is 25.8 Å². The molecule has 106 valence electrons. The summed E-state index contributed by atoms with van der Waals surface area (Å²) >= 11 is 0. The summed E-state index contributed by atoms with van der Waals surface area (Å²) in [6.07, 6.45) is 0.527. The number of hydrogen-bond acceptors (Lipinski definition) is 2. The van der Waals surface area contributed by atoms with Crippen molar-refractivity contribution >= 4 is 12.0 Å². The standard InChI is InChI=1S/C15H18N2O3/c1-3-4-8-11-16-14(20)17-15(2,13(18)19)12-9-6-5-7-10-12/h5-7,9-10H,8,11H2,1-2H3,(H,18,19)(H2,16,17,20). The first-order valence-corrected chi connectivity index (χ1v) is 6.25. The molecular formula is C15H18N2O3. The van der Waals surface area contributed by atoms with Crippen LogP contribution >= 0.6 is 0 Å². The van der Waals surface area contributed by atoms with Gasteiger partial charge in [0.25, 0.3) is 0 Å². The minimum absolute atomic E-state index is 0.372. The van der Waals surface area contributed by atoms with E-state index in [-0.39, 0.29) is 0 Å². The van der Waals surface area contributed by atoms with Crippen molar-refractivity contribution in [3.8, 4) is 11.8 Å². The molecule has 1 atom stereocenters. The third-order valence-corrected chi connectivity index (χ3v) is 2.85. The summed E-state index contributed by atoms with van der Waals surface area (Å²) in [7, 11) is 0. The number of carboxylic acid groups (broad SMARTS) is 1. The lowest BCUT2D eigenvalue weighted by molar-refractivity contribution is -0.144. The first kappa shape index (κ1) is 15.6. The Bertz CT molecular complexity index is 531. The molecular weight excluding hydrogens is 256 g/mol. The van der Waals surface area contributed by atoms with Crippen molar-refractivity contribution in [2.24, 2.45) is 0 Å². The number of carbonyl (C=O) groups excluding carboxylic acids is 1. The van der Waals surface area contributed by atoms with Crippen molar-refractivity contribution < 1.29 is 14.7 Å². The molecule has 0 aromatic heterocycles. The molecule has 0 fully saturated rings. The Balaban J connectivity index is 2.74. The van der Waals surface area contributed by atoms with Crippen LogP contribution in [0, 0.1) is 11.8 Å². The summed E-state index contributed by atoms with van der Waals surface area (Å²) in [5.41, 5.74) is -0.960. The highest BCUT2D eigenvalue weighted by molar-refractivity contribution is 5.87. The minimum atomic E-state index is -1.47. The van der Waals surface area contributed by atoms with Crippen LogP contribution in [0.25, 0.3) is 0 Å². The van der Waals surface area contributed by atoms with E-state index in [0.717, 1.165) is 0 Å². The highest BCUT2D eigenvalue weighted by Crippen LogP contribution is 2.20. The van der Waals surface area contributed by atoms with Gasteiger partial charge in [-0.2, -0.15) is 0 Å². The van der Waals surface area contributed by atoms with E-state index in [1.165, 1.54) is 6.92 Å². The fraction of sp³-hybridized carbons (Fsp3) is 0.333. The van der Waals surface area contributed by atoms with Crippen LogP contribution in [0.4, 0.5) is 4.79 Å². The van der Waals surface area contributed by atoms with Gasteiger partial charge in [0, 0.05) is 13.0 Å². The molecule has 0 saturated carbocycles. The van der Waals surface area contributed by atoms with Crippen LogP contribution in [0.5, 0.6) is 0 Å². The molecule has 0 aliphatic carbocycles. The van der Waals surface area contributed by atoms with E-state index < -0.39 is 17.5 Å². The molecule has 0 aliphatic rings. The van der Waals surface area contributed by atoms with Gasteiger partial charge >= 0.3 is 12.0 Å². The summed E-state index contributed by atoms with van der Waals surface area (Å²) in [6.45, 7) is 3.55. The fourth-order valence-electron chi connectivity index (χ4n) is 1.66. The average molecular weight is 274 g/mol. The van der Waals surface area contributed by atoms with Gasteiger partial charge < -0.3 is 15.7 Å². The number of benzene rings is 1. The van der Waals surface area contributed by atoms with Gasteiger partial charge in [0.2, 0.25) is 0 Å².